The van der Waals surface area contributed by atoms with Gasteiger partial charge >= 0.3 is 0 Å². The molecule has 0 radical (unpaired) electrons. The summed E-state index contributed by atoms with van der Waals surface area (Å²) in [6.45, 7) is 3.33. The number of thiazole rings is 1. The fourth-order valence-electron chi connectivity index (χ4n) is 1.84. The molecule has 0 aliphatic carbocycles. The average Bonchev–Trinajstić information content (AvgIpc) is 2.95. The molecule has 9 heteroatoms. The summed E-state index contributed by atoms with van der Waals surface area (Å²) in [6, 6.07) is 0. The van der Waals surface area contributed by atoms with Gasteiger partial charge in [-0.3, -0.25) is 5.10 Å². The van der Waals surface area contributed by atoms with E-state index in [1.165, 1.54) is 11.3 Å². The molecule has 0 spiro atoms. The van der Waals surface area contributed by atoms with Gasteiger partial charge in [-0.05, 0) is 13.8 Å². The first-order chi connectivity index (χ1) is 9.44. The lowest BCUT2D eigenvalue weighted by atomic mass is 10.3. The molecule has 110 valence electrons. The Balaban J connectivity index is 2.06. The van der Waals surface area contributed by atoms with Crippen LogP contribution in [0.4, 0.5) is 0 Å². The molecule has 0 bridgehead atoms. The predicted molar refractivity (Wildman–Crippen MR) is 75.0 cm³/mol. The largest absolute Gasteiger partial charge is 0.390 e. The second kappa shape index (κ2) is 6.00. The van der Waals surface area contributed by atoms with E-state index in [0.29, 0.717) is 12.1 Å². The number of aromatic amines is 1. The lowest BCUT2D eigenvalue weighted by molar-refractivity contribution is 0.273. The molecule has 2 aromatic heterocycles. The minimum atomic E-state index is -3.68. The van der Waals surface area contributed by atoms with E-state index in [2.05, 4.69) is 19.9 Å². The molecule has 7 nitrogen and oxygen atoms in total. The van der Waals surface area contributed by atoms with Crippen molar-refractivity contribution in [2.24, 2.45) is 0 Å². The molecule has 0 saturated carbocycles. The van der Waals surface area contributed by atoms with E-state index in [1.807, 2.05) is 12.3 Å². The van der Waals surface area contributed by atoms with E-state index < -0.39 is 16.6 Å². The van der Waals surface area contributed by atoms with Crippen LogP contribution in [0.15, 0.2) is 10.3 Å². The Morgan fingerprint density at radius 1 is 1.45 bits per heavy atom. The summed E-state index contributed by atoms with van der Waals surface area (Å²) in [5, 5.41) is 18.3. The number of H-pyrrole nitrogens is 1. The molecule has 0 saturated heterocycles. The van der Waals surface area contributed by atoms with Crippen molar-refractivity contribution in [1.29, 1.82) is 0 Å². The molecule has 0 aliphatic heterocycles. The molecule has 2 heterocycles. The molecule has 0 atom stereocenters. The highest BCUT2D eigenvalue weighted by Gasteiger charge is 2.23. The van der Waals surface area contributed by atoms with Crippen LogP contribution in [0.25, 0.3) is 0 Å². The Kier molecular flexibility index (Phi) is 4.53. The van der Waals surface area contributed by atoms with E-state index in [0.717, 1.165) is 10.7 Å². The molecule has 0 aliphatic rings. The van der Waals surface area contributed by atoms with E-state index in [9.17, 15) is 8.42 Å². The second-order valence-electron chi connectivity index (χ2n) is 4.29. The number of aromatic nitrogens is 3. The van der Waals surface area contributed by atoms with Gasteiger partial charge in [0.25, 0.3) is 0 Å². The summed E-state index contributed by atoms with van der Waals surface area (Å²) in [5.41, 5.74) is 1.40. The molecule has 0 fully saturated rings. The zero-order chi connectivity index (χ0) is 14.8. The van der Waals surface area contributed by atoms with Crippen molar-refractivity contribution in [2.75, 3.05) is 6.54 Å². The minimum absolute atomic E-state index is 0.0226. The van der Waals surface area contributed by atoms with Gasteiger partial charge in [-0.1, -0.05) is 0 Å². The highest BCUT2D eigenvalue weighted by molar-refractivity contribution is 7.89. The van der Waals surface area contributed by atoms with Gasteiger partial charge < -0.3 is 5.11 Å². The third kappa shape index (κ3) is 3.23. The van der Waals surface area contributed by atoms with Crippen molar-refractivity contribution < 1.29 is 13.5 Å². The number of hydrogen-bond acceptors (Lipinski definition) is 6. The maximum Gasteiger partial charge on any atom is 0.244 e. The van der Waals surface area contributed by atoms with Crippen LogP contribution < -0.4 is 4.72 Å². The van der Waals surface area contributed by atoms with Crippen molar-refractivity contribution in [1.82, 2.24) is 19.9 Å². The van der Waals surface area contributed by atoms with Gasteiger partial charge in [-0.25, -0.2) is 18.1 Å². The molecule has 2 aromatic rings. The van der Waals surface area contributed by atoms with Gasteiger partial charge in [-0.2, -0.15) is 5.10 Å². The molecule has 0 amide bonds. The van der Waals surface area contributed by atoms with Crippen molar-refractivity contribution in [3.8, 4) is 0 Å². The Morgan fingerprint density at radius 2 is 2.20 bits per heavy atom. The zero-order valence-electron chi connectivity index (χ0n) is 11.2. The number of nitrogens with one attached hydrogen (secondary N) is 2. The first kappa shape index (κ1) is 15.1. The minimum Gasteiger partial charge on any atom is -0.390 e. The van der Waals surface area contributed by atoms with Gasteiger partial charge in [0, 0.05) is 18.3 Å². The van der Waals surface area contributed by atoms with Crippen LogP contribution in [-0.4, -0.2) is 35.3 Å². The monoisotopic (exact) mass is 316 g/mol. The number of nitrogens with zero attached hydrogens (tertiary/aromatic N) is 2. The highest BCUT2D eigenvalue weighted by Crippen LogP contribution is 2.17. The number of aryl methyl sites for hydroxylation is 2. The van der Waals surface area contributed by atoms with Gasteiger partial charge in [0.05, 0.1) is 23.0 Å². The quantitative estimate of drug-likeness (QED) is 0.719. The molecule has 0 unspecified atom stereocenters. The molecule has 3 N–H and O–H groups in total. The highest BCUT2D eigenvalue weighted by atomic mass is 32.2. The van der Waals surface area contributed by atoms with Crippen molar-refractivity contribution in [3.05, 3.63) is 27.5 Å². The normalized spacial score (nSPS) is 11.9. The average molecular weight is 316 g/mol. The van der Waals surface area contributed by atoms with Crippen LogP contribution in [0.1, 0.15) is 22.1 Å². The SMILES string of the molecule is Cc1nc(CCNS(=O)(=O)c2c(CO)n[nH]c2C)cs1. The Labute approximate surface area is 121 Å². The maximum atomic E-state index is 12.2. The second-order valence-corrected chi connectivity index (χ2v) is 7.05. The van der Waals surface area contributed by atoms with Crippen LogP contribution in [0.5, 0.6) is 0 Å². The topological polar surface area (TPSA) is 108 Å². The fourth-order valence-corrected chi connectivity index (χ4v) is 3.87. The zero-order valence-corrected chi connectivity index (χ0v) is 12.8. The van der Waals surface area contributed by atoms with Gasteiger partial charge in [0.1, 0.15) is 10.6 Å². The Hall–Kier alpha value is -1.29. The van der Waals surface area contributed by atoms with Crippen LogP contribution in [0.2, 0.25) is 0 Å². The summed E-state index contributed by atoms with van der Waals surface area (Å²) < 4.78 is 26.9. The van der Waals surface area contributed by atoms with Crippen LogP contribution >= 0.6 is 11.3 Å². The van der Waals surface area contributed by atoms with Gasteiger partial charge in [-0.15, -0.1) is 11.3 Å². The molecule has 0 aromatic carbocycles. The molecular weight excluding hydrogens is 300 g/mol. The first-order valence-corrected chi connectivity index (χ1v) is 8.35. The lowest BCUT2D eigenvalue weighted by Crippen LogP contribution is -2.27. The maximum absolute atomic E-state index is 12.2. The smallest absolute Gasteiger partial charge is 0.244 e. The summed E-state index contributed by atoms with van der Waals surface area (Å²) in [5.74, 6) is 0. The summed E-state index contributed by atoms with van der Waals surface area (Å²) >= 11 is 1.53. The number of hydrogen-bond donors (Lipinski definition) is 3. The van der Waals surface area contributed by atoms with Crippen LogP contribution in [0.3, 0.4) is 0 Å². The standard InChI is InChI=1S/C11H16N4O3S2/c1-7-11(10(5-16)15-14-7)20(17,18)12-4-3-9-6-19-8(2)13-9/h6,12,16H,3-5H2,1-2H3,(H,14,15). The third-order valence-electron chi connectivity index (χ3n) is 2.72. The van der Waals surface area contributed by atoms with E-state index >= 15 is 0 Å². The number of rotatable bonds is 6. The number of aliphatic hydroxyl groups is 1. The summed E-state index contributed by atoms with van der Waals surface area (Å²) in [7, 11) is -3.68. The molecule has 2 rings (SSSR count). The number of sulfonamides is 1. The molecule has 20 heavy (non-hydrogen) atoms. The summed E-state index contributed by atoms with van der Waals surface area (Å²) in [6.07, 6.45) is 0.523. The van der Waals surface area contributed by atoms with Crippen LogP contribution in [-0.2, 0) is 23.1 Å². The first-order valence-electron chi connectivity index (χ1n) is 5.99. The van der Waals surface area contributed by atoms with Gasteiger partial charge in [0.15, 0.2) is 0 Å². The van der Waals surface area contributed by atoms with Crippen molar-refractivity contribution in [2.45, 2.75) is 31.8 Å². The van der Waals surface area contributed by atoms with E-state index in [-0.39, 0.29) is 17.1 Å². The predicted octanol–water partition coefficient (Wildman–Crippen LogP) is 0.496. The Morgan fingerprint density at radius 3 is 2.80 bits per heavy atom. The number of aliphatic hydroxyl groups excluding tert-OH is 1. The van der Waals surface area contributed by atoms with Crippen LogP contribution in [0, 0.1) is 13.8 Å². The fraction of sp³-hybridized carbons (Fsp3) is 0.455. The third-order valence-corrected chi connectivity index (χ3v) is 5.21. The summed E-state index contributed by atoms with van der Waals surface area (Å²) in [4.78, 5) is 4.29. The lowest BCUT2D eigenvalue weighted by Gasteiger charge is -2.06. The van der Waals surface area contributed by atoms with Gasteiger partial charge in [0.2, 0.25) is 10.0 Å². The molecular formula is C11H16N4O3S2. The van der Waals surface area contributed by atoms with Crippen molar-refractivity contribution in [3.63, 3.8) is 0 Å². The van der Waals surface area contributed by atoms with Crippen molar-refractivity contribution >= 4 is 21.4 Å². The van der Waals surface area contributed by atoms with E-state index in [1.54, 1.807) is 6.92 Å². The van der Waals surface area contributed by atoms with E-state index in [4.69, 9.17) is 5.11 Å². The Bertz CT molecular complexity index is 690.